The predicted molar refractivity (Wildman–Crippen MR) is 72.6 cm³/mol. The number of carbonyl (C=O) groups excluding carboxylic acids is 1. The molecule has 0 spiro atoms. The first kappa shape index (κ1) is 15.1. The molecule has 2 fully saturated rings. The van der Waals surface area contributed by atoms with Gasteiger partial charge in [-0.05, 0) is 25.9 Å². The van der Waals surface area contributed by atoms with Gasteiger partial charge in [0, 0.05) is 20.1 Å². The number of carboxylic acid groups (broad SMARTS) is 1. The quantitative estimate of drug-likeness (QED) is 0.732. The number of likely N-dealkylation sites (N-methyl/N-ethyl adjacent to an activating group) is 1. The Hall–Kier alpha value is -1.34. The molecule has 2 saturated heterocycles. The van der Waals surface area contributed by atoms with Crippen LogP contribution >= 0.6 is 0 Å². The molecule has 0 saturated carbocycles. The van der Waals surface area contributed by atoms with Crippen molar-refractivity contribution < 1.29 is 19.4 Å². The lowest BCUT2D eigenvalue weighted by Gasteiger charge is -2.24. The van der Waals surface area contributed by atoms with Crippen LogP contribution in [0.2, 0.25) is 0 Å². The number of urea groups is 1. The third kappa shape index (κ3) is 3.83. The summed E-state index contributed by atoms with van der Waals surface area (Å²) in [5.74, 6) is -1.57. The van der Waals surface area contributed by atoms with E-state index in [1.54, 1.807) is 11.9 Å². The number of nitrogens with one attached hydrogen (secondary N) is 1. The minimum Gasteiger partial charge on any atom is -0.481 e. The van der Waals surface area contributed by atoms with Gasteiger partial charge < -0.3 is 25.0 Å². The molecule has 7 heteroatoms. The van der Waals surface area contributed by atoms with E-state index in [2.05, 4.69) is 10.2 Å². The van der Waals surface area contributed by atoms with E-state index in [-0.39, 0.29) is 19.2 Å². The topological polar surface area (TPSA) is 82.1 Å². The van der Waals surface area contributed by atoms with E-state index in [1.165, 1.54) is 12.8 Å². The molecule has 0 aromatic heterocycles. The predicted octanol–water partition coefficient (Wildman–Crippen LogP) is -0.177. The molecule has 2 rings (SSSR count). The van der Waals surface area contributed by atoms with Gasteiger partial charge in [-0.25, -0.2) is 4.79 Å². The van der Waals surface area contributed by atoms with Crippen molar-refractivity contribution in [3.8, 4) is 0 Å². The smallest absolute Gasteiger partial charge is 0.317 e. The van der Waals surface area contributed by atoms with Crippen molar-refractivity contribution in [2.75, 3.05) is 46.4 Å². The minimum absolute atomic E-state index is 0.164. The number of carboxylic acids is 1. The monoisotopic (exact) mass is 285 g/mol. The van der Waals surface area contributed by atoms with E-state index in [9.17, 15) is 9.59 Å². The van der Waals surface area contributed by atoms with Crippen LogP contribution in [-0.2, 0) is 9.53 Å². The van der Waals surface area contributed by atoms with Crippen LogP contribution in [0.4, 0.5) is 4.79 Å². The summed E-state index contributed by atoms with van der Waals surface area (Å²) in [7, 11) is 1.73. The Kier molecular flexibility index (Phi) is 5.19. The molecule has 2 aliphatic heterocycles. The maximum absolute atomic E-state index is 12.0. The largest absolute Gasteiger partial charge is 0.481 e. The van der Waals surface area contributed by atoms with Crippen LogP contribution in [0.5, 0.6) is 0 Å². The lowest BCUT2D eigenvalue weighted by molar-refractivity contribution is -0.142. The second kappa shape index (κ2) is 6.90. The number of rotatable bonds is 5. The lowest BCUT2D eigenvalue weighted by Crippen LogP contribution is -2.49. The second-order valence-corrected chi connectivity index (χ2v) is 5.51. The van der Waals surface area contributed by atoms with E-state index in [4.69, 9.17) is 9.84 Å². The summed E-state index contributed by atoms with van der Waals surface area (Å²) < 4.78 is 5.13. The Bertz CT molecular complexity index is 358. The standard InChI is InChI=1S/C13H23N3O4/c1-15(6-7-16-4-2-3-5-16)13(19)14-11-9-20-8-10(11)12(17)18/h10-11H,2-9H2,1H3,(H,14,19)(H,17,18). The number of hydrogen-bond acceptors (Lipinski definition) is 4. The highest BCUT2D eigenvalue weighted by Crippen LogP contribution is 2.14. The summed E-state index contributed by atoms with van der Waals surface area (Å²) in [5, 5.41) is 11.8. The molecule has 0 aromatic rings. The number of carbonyl (C=O) groups is 2. The number of amides is 2. The fourth-order valence-electron chi connectivity index (χ4n) is 2.61. The molecule has 114 valence electrons. The van der Waals surface area contributed by atoms with Gasteiger partial charge in [0.15, 0.2) is 0 Å². The van der Waals surface area contributed by atoms with E-state index >= 15 is 0 Å². The summed E-state index contributed by atoms with van der Waals surface area (Å²) >= 11 is 0. The molecule has 0 aromatic carbocycles. The second-order valence-electron chi connectivity index (χ2n) is 5.51. The summed E-state index contributed by atoms with van der Waals surface area (Å²) in [6.45, 7) is 4.16. The number of hydrogen-bond donors (Lipinski definition) is 2. The fourth-order valence-corrected chi connectivity index (χ4v) is 2.61. The van der Waals surface area contributed by atoms with E-state index < -0.39 is 17.9 Å². The number of nitrogens with zero attached hydrogens (tertiary/aromatic N) is 2. The highest BCUT2D eigenvalue weighted by Gasteiger charge is 2.35. The molecular formula is C13H23N3O4. The molecular weight excluding hydrogens is 262 g/mol. The Labute approximate surface area is 118 Å². The highest BCUT2D eigenvalue weighted by molar-refractivity contribution is 5.77. The number of aliphatic carboxylic acids is 1. The van der Waals surface area contributed by atoms with Gasteiger partial charge >= 0.3 is 12.0 Å². The Morgan fingerprint density at radius 1 is 1.35 bits per heavy atom. The molecule has 0 bridgehead atoms. The van der Waals surface area contributed by atoms with Crippen molar-refractivity contribution >= 4 is 12.0 Å². The van der Waals surface area contributed by atoms with E-state index in [0.29, 0.717) is 6.54 Å². The molecule has 0 radical (unpaired) electrons. The maximum atomic E-state index is 12.0. The van der Waals surface area contributed by atoms with Crippen LogP contribution < -0.4 is 5.32 Å². The summed E-state index contributed by atoms with van der Waals surface area (Å²) in [6.07, 6.45) is 2.46. The number of likely N-dealkylation sites (tertiary alicyclic amines) is 1. The van der Waals surface area contributed by atoms with Crippen molar-refractivity contribution in [1.82, 2.24) is 15.1 Å². The Morgan fingerprint density at radius 3 is 2.70 bits per heavy atom. The molecule has 2 amide bonds. The molecule has 7 nitrogen and oxygen atoms in total. The van der Waals surface area contributed by atoms with Crippen molar-refractivity contribution in [3.05, 3.63) is 0 Å². The Balaban J connectivity index is 1.74. The summed E-state index contributed by atoms with van der Waals surface area (Å²) in [5.41, 5.74) is 0. The van der Waals surface area contributed by atoms with Gasteiger partial charge in [-0.1, -0.05) is 0 Å². The third-order valence-electron chi connectivity index (χ3n) is 4.00. The third-order valence-corrected chi connectivity index (χ3v) is 4.00. The minimum atomic E-state index is -0.924. The average molecular weight is 285 g/mol. The number of ether oxygens (including phenoxy) is 1. The SMILES string of the molecule is CN(CCN1CCCC1)C(=O)NC1COCC1C(=O)O. The van der Waals surface area contributed by atoms with Crippen molar-refractivity contribution in [3.63, 3.8) is 0 Å². The molecule has 2 unspecified atom stereocenters. The molecule has 2 atom stereocenters. The molecule has 2 heterocycles. The van der Waals surface area contributed by atoms with Gasteiger partial charge in [-0.3, -0.25) is 4.79 Å². The molecule has 0 aliphatic carbocycles. The first-order chi connectivity index (χ1) is 9.58. The van der Waals surface area contributed by atoms with Gasteiger partial charge in [0.05, 0.1) is 19.3 Å². The Morgan fingerprint density at radius 2 is 2.05 bits per heavy atom. The summed E-state index contributed by atoms with van der Waals surface area (Å²) in [4.78, 5) is 27.0. The van der Waals surface area contributed by atoms with Gasteiger partial charge in [-0.15, -0.1) is 0 Å². The van der Waals surface area contributed by atoms with Crippen LogP contribution in [0.15, 0.2) is 0 Å². The average Bonchev–Trinajstić information content (AvgIpc) is 3.06. The van der Waals surface area contributed by atoms with Crippen molar-refractivity contribution in [2.45, 2.75) is 18.9 Å². The first-order valence-corrected chi connectivity index (χ1v) is 7.12. The van der Waals surface area contributed by atoms with Crippen LogP contribution in [-0.4, -0.2) is 79.4 Å². The van der Waals surface area contributed by atoms with E-state index in [0.717, 1.165) is 19.6 Å². The van der Waals surface area contributed by atoms with Crippen LogP contribution in [0.25, 0.3) is 0 Å². The zero-order chi connectivity index (χ0) is 14.5. The van der Waals surface area contributed by atoms with Crippen LogP contribution in [0, 0.1) is 5.92 Å². The van der Waals surface area contributed by atoms with Crippen molar-refractivity contribution in [1.29, 1.82) is 0 Å². The zero-order valence-electron chi connectivity index (χ0n) is 11.9. The summed E-state index contributed by atoms with van der Waals surface area (Å²) in [6, 6.07) is -0.666. The molecule has 20 heavy (non-hydrogen) atoms. The zero-order valence-corrected chi connectivity index (χ0v) is 11.9. The first-order valence-electron chi connectivity index (χ1n) is 7.12. The highest BCUT2D eigenvalue weighted by atomic mass is 16.5. The van der Waals surface area contributed by atoms with Crippen LogP contribution in [0.1, 0.15) is 12.8 Å². The fraction of sp³-hybridized carbons (Fsp3) is 0.846. The van der Waals surface area contributed by atoms with Crippen molar-refractivity contribution in [2.24, 2.45) is 5.92 Å². The normalized spacial score (nSPS) is 26.6. The molecule has 2 aliphatic rings. The van der Waals surface area contributed by atoms with E-state index in [1.807, 2.05) is 0 Å². The van der Waals surface area contributed by atoms with Gasteiger partial charge in [0.1, 0.15) is 5.92 Å². The van der Waals surface area contributed by atoms with Gasteiger partial charge in [0.2, 0.25) is 0 Å². The molecule has 2 N–H and O–H groups in total. The van der Waals surface area contributed by atoms with Crippen LogP contribution in [0.3, 0.4) is 0 Å². The lowest BCUT2D eigenvalue weighted by atomic mass is 10.0. The maximum Gasteiger partial charge on any atom is 0.317 e. The van der Waals surface area contributed by atoms with Gasteiger partial charge in [-0.2, -0.15) is 0 Å². The van der Waals surface area contributed by atoms with Gasteiger partial charge in [0.25, 0.3) is 0 Å².